The molecule has 9 heteroatoms. The zero-order chi connectivity index (χ0) is 19.7. The average Bonchev–Trinajstić information content (AvgIpc) is 3.37. The second kappa shape index (κ2) is 7.83. The molecule has 0 unspecified atom stereocenters. The quantitative estimate of drug-likeness (QED) is 0.581. The van der Waals surface area contributed by atoms with Gasteiger partial charge in [-0.05, 0) is 30.7 Å². The molecule has 0 saturated heterocycles. The standard InChI is InChI=1S/C19H14ClN3O3S2/c20-15-8-7-14(28-15)13-10-27-19(21-13)22-16(24)6-3-9-23-17(25)11-4-1-2-5-12(11)18(23)26/h1-2,4-5,7-8,10H,3,6,9H2,(H,21,22,24). The number of imide groups is 1. The number of anilines is 1. The fourth-order valence-electron chi connectivity index (χ4n) is 2.92. The first-order chi connectivity index (χ1) is 13.5. The fourth-order valence-corrected chi connectivity index (χ4v) is 4.72. The minimum atomic E-state index is -0.305. The van der Waals surface area contributed by atoms with Crippen molar-refractivity contribution >= 4 is 57.1 Å². The number of carbonyl (C=O) groups excluding carboxylic acids is 3. The maximum absolute atomic E-state index is 12.3. The molecule has 3 heterocycles. The molecule has 0 radical (unpaired) electrons. The highest BCUT2D eigenvalue weighted by molar-refractivity contribution is 7.20. The summed E-state index contributed by atoms with van der Waals surface area (Å²) >= 11 is 8.69. The van der Waals surface area contributed by atoms with E-state index >= 15 is 0 Å². The summed E-state index contributed by atoms with van der Waals surface area (Å²) in [7, 11) is 0. The molecule has 1 N–H and O–H groups in total. The number of nitrogens with one attached hydrogen (secondary N) is 1. The van der Waals surface area contributed by atoms with E-state index in [0.29, 0.717) is 27.0 Å². The lowest BCUT2D eigenvalue weighted by Crippen LogP contribution is -2.31. The Balaban J connectivity index is 1.29. The smallest absolute Gasteiger partial charge is 0.261 e. The summed E-state index contributed by atoms with van der Waals surface area (Å²) in [6.07, 6.45) is 0.573. The van der Waals surface area contributed by atoms with Crippen molar-refractivity contribution in [2.75, 3.05) is 11.9 Å². The topological polar surface area (TPSA) is 79.4 Å². The summed E-state index contributed by atoms with van der Waals surface area (Å²) in [5, 5.41) is 5.12. The molecule has 0 fully saturated rings. The molecule has 142 valence electrons. The Hall–Kier alpha value is -2.55. The van der Waals surface area contributed by atoms with Gasteiger partial charge in [0.15, 0.2) is 5.13 Å². The van der Waals surface area contributed by atoms with E-state index in [1.807, 2.05) is 11.4 Å². The number of thiophene rings is 1. The second-order valence-corrected chi connectivity index (χ2v) is 8.67. The maximum atomic E-state index is 12.3. The SMILES string of the molecule is O=C(CCCN1C(=O)c2ccccc2C1=O)Nc1nc(-c2ccc(Cl)s2)cs1. The lowest BCUT2D eigenvalue weighted by Gasteiger charge is -2.13. The van der Waals surface area contributed by atoms with E-state index in [1.54, 1.807) is 30.3 Å². The van der Waals surface area contributed by atoms with E-state index in [0.717, 1.165) is 10.6 Å². The van der Waals surface area contributed by atoms with E-state index in [2.05, 4.69) is 10.3 Å². The Bertz CT molecular complexity index is 1040. The number of aromatic nitrogens is 1. The third kappa shape index (κ3) is 3.71. The van der Waals surface area contributed by atoms with E-state index in [1.165, 1.54) is 27.6 Å². The number of hydrogen-bond acceptors (Lipinski definition) is 6. The van der Waals surface area contributed by atoms with Crippen LogP contribution in [0.4, 0.5) is 5.13 Å². The molecule has 3 amide bonds. The lowest BCUT2D eigenvalue weighted by molar-refractivity contribution is -0.116. The van der Waals surface area contributed by atoms with E-state index < -0.39 is 0 Å². The predicted octanol–water partition coefficient (Wildman–Crippen LogP) is 4.54. The summed E-state index contributed by atoms with van der Waals surface area (Å²) in [6.45, 7) is 0.205. The summed E-state index contributed by atoms with van der Waals surface area (Å²) < 4.78 is 0.682. The predicted molar refractivity (Wildman–Crippen MR) is 110 cm³/mol. The van der Waals surface area contributed by atoms with Crippen molar-refractivity contribution in [1.29, 1.82) is 0 Å². The summed E-state index contributed by atoms with van der Waals surface area (Å²) in [6, 6.07) is 10.4. The largest absolute Gasteiger partial charge is 0.302 e. The molecular weight excluding hydrogens is 418 g/mol. The monoisotopic (exact) mass is 431 g/mol. The Morgan fingerprint density at radius 1 is 1.11 bits per heavy atom. The van der Waals surface area contributed by atoms with Gasteiger partial charge in [-0.15, -0.1) is 22.7 Å². The Morgan fingerprint density at radius 2 is 1.82 bits per heavy atom. The van der Waals surface area contributed by atoms with Gasteiger partial charge in [-0.25, -0.2) is 4.98 Å². The van der Waals surface area contributed by atoms with Crippen molar-refractivity contribution in [3.05, 3.63) is 57.2 Å². The Morgan fingerprint density at radius 3 is 2.46 bits per heavy atom. The van der Waals surface area contributed by atoms with Gasteiger partial charge >= 0.3 is 0 Å². The van der Waals surface area contributed by atoms with Crippen molar-refractivity contribution in [3.63, 3.8) is 0 Å². The van der Waals surface area contributed by atoms with Gasteiger partial charge < -0.3 is 5.32 Å². The van der Waals surface area contributed by atoms with Crippen LogP contribution in [0.15, 0.2) is 41.8 Å². The first kappa shape index (κ1) is 18.8. The van der Waals surface area contributed by atoms with Gasteiger partial charge in [-0.3, -0.25) is 19.3 Å². The molecule has 1 aliphatic heterocycles. The van der Waals surface area contributed by atoms with E-state index in [4.69, 9.17) is 11.6 Å². The molecule has 6 nitrogen and oxygen atoms in total. The summed E-state index contributed by atoms with van der Waals surface area (Å²) in [5.74, 6) is -0.818. The molecule has 0 spiro atoms. The molecule has 0 atom stereocenters. The minimum absolute atomic E-state index is 0.188. The number of amides is 3. The first-order valence-electron chi connectivity index (χ1n) is 8.49. The molecule has 1 aromatic carbocycles. The number of fused-ring (bicyclic) bond motifs is 1. The summed E-state index contributed by atoms with van der Waals surface area (Å²) in [4.78, 5) is 43.3. The number of nitrogens with zero attached hydrogens (tertiary/aromatic N) is 2. The van der Waals surface area contributed by atoms with Crippen LogP contribution in [0.25, 0.3) is 10.6 Å². The summed E-state index contributed by atoms with van der Waals surface area (Å²) in [5.41, 5.74) is 1.60. The number of benzene rings is 1. The molecule has 4 rings (SSSR count). The van der Waals surface area contributed by atoms with Gasteiger partial charge in [0, 0.05) is 18.3 Å². The number of carbonyl (C=O) groups is 3. The number of thiazole rings is 1. The van der Waals surface area contributed by atoms with Crippen molar-refractivity contribution < 1.29 is 14.4 Å². The Labute approximate surface area is 173 Å². The molecule has 1 aliphatic rings. The van der Waals surface area contributed by atoms with Crippen molar-refractivity contribution in [2.45, 2.75) is 12.8 Å². The molecule has 0 bridgehead atoms. The number of rotatable bonds is 6. The van der Waals surface area contributed by atoms with Gasteiger partial charge in [0.05, 0.1) is 26.0 Å². The zero-order valence-corrected chi connectivity index (χ0v) is 16.9. The van der Waals surface area contributed by atoms with Crippen molar-refractivity contribution in [2.24, 2.45) is 0 Å². The van der Waals surface area contributed by atoms with Crippen LogP contribution in [0.3, 0.4) is 0 Å². The van der Waals surface area contributed by atoms with Crippen LogP contribution in [0.2, 0.25) is 4.34 Å². The lowest BCUT2D eigenvalue weighted by atomic mass is 10.1. The van der Waals surface area contributed by atoms with E-state index in [9.17, 15) is 14.4 Å². The van der Waals surface area contributed by atoms with Crippen LogP contribution in [-0.2, 0) is 4.79 Å². The number of hydrogen-bond donors (Lipinski definition) is 1. The molecule has 0 saturated carbocycles. The van der Waals surface area contributed by atoms with Gasteiger partial charge in [0.2, 0.25) is 5.91 Å². The van der Waals surface area contributed by atoms with Crippen LogP contribution < -0.4 is 5.32 Å². The van der Waals surface area contributed by atoms with Crippen LogP contribution in [-0.4, -0.2) is 34.2 Å². The minimum Gasteiger partial charge on any atom is -0.302 e. The normalized spacial score (nSPS) is 13.1. The van der Waals surface area contributed by atoms with Crippen LogP contribution >= 0.6 is 34.3 Å². The molecule has 2 aromatic heterocycles. The fraction of sp³-hybridized carbons (Fsp3) is 0.158. The molecule has 3 aromatic rings. The van der Waals surface area contributed by atoms with Crippen LogP contribution in [0.1, 0.15) is 33.6 Å². The third-order valence-corrected chi connectivity index (χ3v) is 6.25. The van der Waals surface area contributed by atoms with Gasteiger partial charge in [0.1, 0.15) is 0 Å². The highest BCUT2D eigenvalue weighted by Crippen LogP contribution is 2.32. The van der Waals surface area contributed by atoms with Gasteiger partial charge in [0.25, 0.3) is 11.8 Å². The van der Waals surface area contributed by atoms with Crippen molar-refractivity contribution in [1.82, 2.24) is 9.88 Å². The Kier molecular flexibility index (Phi) is 5.25. The highest BCUT2D eigenvalue weighted by Gasteiger charge is 2.34. The van der Waals surface area contributed by atoms with Gasteiger partial charge in [-0.2, -0.15) is 0 Å². The molecular formula is C19H14ClN3O3S2. The molecule has 0 aliphatic carbocycles. The molecule has 28 heavy (non-hydrogen) atoms. The van der Waals surface area contributed by atoms with Crippen molar-refractivity contribution in [3.8, 4) is 10.6 Å². The zero-order valence-electron chi connectivity index (χ0n) is 14.5. The first-order valence-corrected chi connectivity index (χ1v) is 10.6. The van der Waals surface area contributed by atoms with Gasteiger partial charge in [-0.1, -0.05) is 23.7 Å². The average molecular weight is 432 g/mol. The maximum Gasteiger partial charge on any atom is 0.261 e. The van der Waals surface area contributed by atoms with E-state index in [-0.39, 0.29) is 30.7 Å². The number of halogens is 1. The second-order valence-electron chi connectivity index (χ2n) is 6.10. The highest BCUT2D eigenvalue weighted by atomic mass is 35.5. The third-order valence-electron chi connectivity index (χ3n) is 4.24. The van der Waals surface area contributed by atoms with Crippen LogP contribution in [0, 0.1) is 0 Å². The van der Waals surface area contributed by atoms with Crippen LogP contribution in [0.5, 0.6) is 0 Å².